The fourth-order valence-corrected chi connectivity index (χ4v) is 2.06. The van der Waals surface area contributed by atoms with Crippen molar-refractivity contribution in [3.05, 3.63) is 48.2 Å². The van der Waals surface area contributed by atoms with Crippen LogP contribution >= 0.6 is 0 Å². The summed E-state index contributed by atoms with van der Waals surface area (Å²) in [6.45, 7) is 4.04. The highest BCUT2D eigenvalue weighted by Gasteiger charge is 2.10. The molecule has 0 saturated carbocycles. The molecule has 0 bridgehead atoms. The van der Waals surface area contributed by atoms with E-state index < -0.39 is 0 Å². The zero-order chi connectivity index (χ0) is 13.5. The molecule has 1 aromatic carbocycles. The third-order valence-corrected chi connectivity index (χ3v) is 3.01. The maximum absolute atomic E-state index is 5.40. The van der Waals surface area contributed by atoms with Gasteiger partial charge in [-0.1, -0.05) is 31.2 Å². The SMILES string of the molecule is CCCNCc1ccccc1-c1ncccc1OC. The van der Waals surface area contributed by atoms with Gasteiger partial charge >= 0.3 is 0 Å². The molecule has 0 spiro atoms. The van der Waals surface area contributed by atoms with Gasteiger partial charge in [-0.2, -0.15) is 0 Å². The molecule has 0 amide bonds. The van der Waals surface area contributed by atoms with Crippen molar-refractivity contribution in [2.24, 2.45) is 0 Å². The molecule has 3 nitrogen and oxygen atoms in total. The number of nitrogens with zero attached hydrogens (tertiary/aromatic N) is 1. The second-order valence-corrected chi connectivity index (χ2v) is 4.39. The highest BCUT2D eigenvalue weighted by atomic mass is 16.5. The molecule has 0 atom stereocenters. The van der Waals surface area contributed by atoms with Crippen molar-refractivity contribution in [3.8, 4) is 17.0 Å². The van der Waals surface area contributed by atoms with Gasteiger partial charge in [-0.3, -0.25) is 4.98 Å². The van der Waals surface area contributed by atoms with Gasteiger partial charge < -0.3 is 10.1 Å². The van der Waals surface area contributed by atoms with Crippen LogP contribution in [0, 0.1) is 0 Å². The van der Waals surface area contributed by atoms with Crippen LogP contribution in [-0.4, -0.2) is 18.6 Å². The van der Waals surface area contributed by atoms with E-state index in [9.17, 15) is 0 Å². The Morgan fingerprint density at radius 3 is 2.79 bits per heavy atom. The number of aromatic nitrogens is 1. The van der Waals surface area contributed by atoms with Gasteiger partial charge in [0.25, 0.3) is 0 Å². The Kier molecular flexibility index (Phi) is 4.93. The molecule has 0 radical (unpaired) electrons. The Balaban J connectivity index is 2.33. The van der Waals surface area contributed by atoms with Crippen LogP contribution in [0.25, 0.3) is 11.3 Å². The maximum Gasteiger partial charge on any atom is 0.145 e. The first-order chi connectivity index (χ1) is 9.36. The molecule has 0 fully saturated rings. The van der Waals surface area contributed by atoms with Gasteiger partial charge in [0.2, 0.25) is 0 Å². The van der Waals surface area contributed by atoms with Crippen LogP contribution in [0.1, 0.15) is 18.9 Å². The second-order valence-electron chi connectivity index (χ2n) is 4.39. The van der Waals surface area contributed by atoms with E-state index in [2.05, 4.69) is 35.4 Å². The van der Waals surface area contributed by atoms with Crippen LogP contribution in [0.3, 0.4) is 0 Å². The topological polar surface area (TPSA) is 34.2 Å². The van der Waals surface area contributed by atoms with Gasteiger partial charge in [-0.15, -0.1) is 0 Å². The van der Waals surface area contributed by atoms with Crippen LogP contribution < -0.4 is 10.1 Å². The molecule has 1 heterocycles. The van der Waals surface area contributed by atoms with Crippen molar-refractivity contribution in [1.29, 1.82) is 0 Å². The van der Waals surface area contributed by atoms with Crippen LogP contribution in [-0.2, 0) is 6.54 Å². The van der Waals surface area contributed by atoms with Crippen molar-refractivity contribution >= 4 is 0 Å². The average Bonchev–Trinajstić information content (AvgIpc) is 2.48. The van der Waals surface area contributed by atoms with E-state index in [1.165, 1.54) is 5.56 Å². The molecule has 2 rings (SSSR count). The van der Waals surface area contributed by atoms with Crippen molar-refractivity contribution in [3.63, 3.8) is 0 Å². The summed E-state index contributed by atoms with van der Waals surface area (Å²) in [5, 5.41) is 3.43. The summed E-state index contributed by atoms with van der Waals surface area (Å²) in [6, 6.07) is 12.1. The minimum absolute atomic E-state index is 0.811. The molecule has 0 unspecified atom stereocenters. The molecule has 0 saturated heterocycles. The minimum atomic E-state index is 0.811. The Morgan fingerprint density at radius 2 is 2.00 bits per heavy atom. The monoisotopic (exact) mass is 256 g/mol. The zero-order valence-corrected chi connectivity index (χ0v) is 11.5. The lowest BCUT2D eigenvalue weighted by Crippen LogP contribution is -2.14. The third kappa shape index (κ3) is 3.32. The molecule has 0 aliphatic rings. The Bertz CT molecular complexity index is 526. The Hall–Kier alpha value is -1.87. The molecular formula is C16H20N2O. The van der Waals surface area contributed by atoms with E-state index in [1.807, 2.05) is 18.2 Å². The number of methoxy groups -OCH3 is 1. The normalized spacial score (nSPS) is 10.4. The number of pyridine rings is 1. The zero-order valence-electron chi connectivity index (χ0n) is 11.5. The highest BCUT2D eigenvalue weighted by Crippen LogP contribution is 2.29. The van der Waals surface area contributed by atoms with Gasteiger partial charge in [0.05, 0.1) is 7.11 Å². The molecule has 0 aliphatic carbocycles. The summed E-state index contributed by atoms with van der Waals surface area (Å²) in [6.07, 6.45) is 2.93. The molecule has 19 heavy (non-hydrogen) atoms. The lowest BCUT2D eigenvalue weighted by Gasteiger charge is -2.12. The van der Waals surface area contributed by atoms with Crippen LogP contribution in [0.2, 0.25) is 0 Å². The van der Waals surface area contributed by atoms with E-state index in [0.29, 0.717) is 0 Å². The van der Waals surface area contributed by atoms with Crippen LogP contribution in [0.4, 0.5) is 0 Å². The van der Waals surface area contributed by atoms with E-state index >= 15 is 0 Å². The van der Waals surface area contributed by atoms with E-state index in [0.717, 1.165) is 36.5 Å². The van der Waals surface area contributed by atoms with E-state index in [4.69, 9.17) is 4.74 Å². The first kappa shape index (κ1) is 13.6. The van der Waals surface area contributed by atoms with E-state index in [-0.39, 0.29) is 0 Å². The van der Waals surface area contributed by atoms with Crippen molar-refractivity contribution in [1.82, 2.24) is 10.3 Å². The van der Waals surface area contributed by atoms with Gasteiger partial charge in [0.1, 0.15) is 11.4 Å². The number of hydrogen-bond donors (Lipinski definition) is 1. The number of ether oxygens (including phenoxy) is 1. The maximum atomic E-state index is 5.40. The van der Waals surface area contributed by atoms with Gasteiger partial charge in [-0.25, -0.2) is 0 Å². The number of nitrogens with one attached hydrogen (secondary N) is 1. The van der Waals surface area contributed by atoms with Crippen LogP contribution in [0.15, 0.2) is 42.6 Å². The van der Waals surface area contributed by atoms with E-state index in [1.54, 1.807) is 13.3 Å². The summed E-state index contributed by atoms with van der Waals surface area (Å²) in [7, 11) is 1.68. The summed E-state index contributed by atoms with van der Waals surface area (Å²) in [5.74, 6) is 0.811. The third-order valence-electron chi connectivity index (χ3n) is 3.01. The first-order valence-electron chi connectivity index (χ1n) is 6.64. The lowest BCUT2D eigenvalue weighted by molar-refractivity contribution is 0.415. The predicted octanol–water partition coefficient (Wildman–Crippen LogP) is 3.26. The summed E-state index contributed by atoms with van der Waals surface area (Å²) < 4.78 is 5.40. The molecular weight excluding hydrogens is 236 g/mol. The summed E-state index contributed by atoms with van der Waals surface area (Å²) in [4.78, 5) is 4.46. The first-order valence-corrected chi connectivity index (χ1v) is 6.64. The molecule has 1 aromatic heterocycles. The lowest BCUT2D eigenvalue weighted by atomic mass is 10.0. The standard InChI is InChI=1S/C16H20N2O/c1-3-10-17-12-13-7-4-5-8-14(13)16-15(19-2)9-6-11-18-16/h4-9,11,17H,3,10,12H2,1-2H3. The molecule has 3 heteroatoms. The fraction of sp³-hybridized carbons (Fsp3) is 0.312. The highest BCUT2D eigenvalue weighted by molar-refractivity contribution is 5.69. The largest absolute Gasteiger partial charge is 0.494 e. The Morgan fingerprint density at radius 1 is 1.16 bits per heavy atom. The molecule has 100 valence electrons. The minimum Gasteiger partial charge on any atom is -0.494 e. The van der Waals surface area contributed by atoms with Gasteiger partial charge in [0.15, 0.2) is 0 Å². The van der Waals surface area contributed by atoms with Crippen molar-refractivity contribution < 1.29 is 4.74 Å². The van der Waals surface area contributed by atoms with Crippen LogP contribution in [0.5, 0.6) is 5.75 Å². The van der Waals surface area contributed by atoms with Crippen molar-refractivity contribution in [2.75, 3.05) is 13.7 Å². The second kappa shape index (κ2) is 6.90. The Labute approximate surface area is 114 Å². The number of hydrogen-bond acceptors (Lipinski definition) is 3. The van der Waals surface area contributed by atoms with Gasteiger partial charge in [-0.05, 0) is 30.7 Å². The smallest absolute Gasteiger partial charge is 0.145 e. The molecule has 0 aliphatic heterocycles. The number of rotatable bonds is 6. The summed E-state index contributed by atoms with van der Waals surface area (Å²) in [5.41, 5.74) is 3.27. The molecule has 2 aromatic rings. The summed E-state index contributed by atoms with van der Waals surface area (Å²) >= 11 is 0. The quantitative estimate of drug-likeness (QED) is 0.806. The van der Waals surface area contributed by atoms with Gasteiger partial charge in [0, 0.05) is 18.3 Å². The average molecular weight is 256 g/mol. The number of benzene rings is 1. The fourth-order valence-electron chi connectivity index (χ4n) is 2.06. The molecule has 1 N–H and O–H groups in total. The van der Waals surface area contributed by atoms with Crippen molar-refractivity contribution in [2.45, 2.75) is 19.9 Å². The predicted molar refractivity (Wildman–Crippen MR) is 78.2 cm³/mol.